The molecule has 1 saturated carbocycles. The molecule has 21 heavy (non-hydrogen) atoms. The average Bonchev–Trinajstić information content (AvgIpc) is 2.99. The topological polar surface area (TPSA) is 15.3 Å². The molecule has 5 heteroatoms. The fourth-order valence-electron chi connectivity index (χ4n) is 3.73. The Morgan fingerprint density at radius 3 is 2.43 bits per heavy atom. The largest absolute Gasteiger partial charge is 0.314 e. The summed E-state index contributed by atoms with van der Waals surface area (Å²) in [6, 6.07) is 4.65. The van der Waals surface area contributed by atoms with Gasteiger partial charge < -0.3 is 5.32 Å². The summed E-state index contributed by atoms with van der Waals surface area (Å²) >= 11 is 0. The molecule has 1 aliphatic heterocycles. The predicted molar refractivity (Wildman–Crippen MR) is 82.7 cm³/mol. The lowest BCUT2D eigenvalue weighted by Crippen LogP contribution is -2.47. The molecule has 1 atom stereocenters. The van der Waals surface area contributed by atoms with Crippen LogP contribution in [-0.4, -0.2) is 31.1 Å². The van der Waals surface area contributed by atoms with E-state index >= 15 is 0 Å². The van der Waals surface area contributed by atoms with E-state index in [-0.39, 0.29) is 18.4 Å². The molecule has 0 unspecified atom stereocenters. The van der Waals surface area contributed by atoms with Crippen LogP contribution in [0, 0.1) is 17.6 Å². The highest BCUT2D eigenvalue weighted by Crippen LogP contribution is 2.40. The quantitative estimate of drug-likeness (QED) is 0.918. The van der Waals surface area contributed by atoms with Crippen molar-refractivity contribution in [3.8, 4) is 0 Å². The lowest BCUT2D eigenvalue weighted by atomic mass is 9.89. The van der Waals surface area contributed by atoms with Crippen LogP contribution in [0.15, 0.2) is 18.2 Å². The lowest BCUT2D eigenvalue weighted by Gasteiger charge is -2.38. The van der Waals surface area contributed by atoms with Gasteiger partial charge in [0.2, 0.25) is 0 Å². The summed E-state index contributed by atoms with van der Waals surface area (Å²) in [5.41, 5.74) is 0.554. The van der Waals surface area contributed by atoms with E-state index in [1.54, 1.807) is 12.1 Å². The number of halogens is 3. The predicted octanol–water partition coefficient (Wildman–Crippen LogP) is 3.52. The van der Waals surface area contributed by atoms with Crippen LogP contribution in [0.3, 0.4) is 0 Å². The van der Waals surface area contributed by atoms with Gasteiger partial charge in [0.1, 0.15) is 0 Å². The van der Waals surface area contributed by atoms with Crippen LogP contribution >= 0.6 is 12.4 Å². The highest BCUT2D eigenvalue weighted by Gasteiger charge is 2.33. The third kappa shape index (κ3) is 3.55. The molecule has 0 radical (unpaired) electrons. The normalized spacial score (nSPS) is 22.0. The Hall–Kier alpha value is -0.710. The summed E-state index contributed by atoms with van der Waals surface area (Å²) in [6.07, 6.45) is 4.68. The second-order valence-electron chi connectivity index (χ2n) is 5.92. The van der Waals surface area contributed by atoms with E-state index in [4.69, 9.17) is 0 Å². The summed E-state index contributed by atoms with van der Waals surface area (Å²) in [5.74, 6) is -0.909. The maximum Gasteiger partial charge on any atom is 0.163 e. The van der Waals surface area contributed by atoms with Crippen LogP contribution in [0.4, 0.5) is 8.78 Å². The molecular weight excluding hydrogens is 294 g/mol. The van der Waals surface area contributed by atoms with E-state index < -0.39 is 11.6 Å². The Balaban J connectivity index is 0.00000161. The van der Waals surface area contributed by atoms with Crippen molar-refractivity contribution in [2.75, 3.05) is 26.2 Å². The van der Waals surface area contributed by atoms with Crippen LogP contribution in [0.25, 0.3) is 0 Å². The second kappa shape index (κ2) is 7.52. The standard InChI is InChI=1S/C16H22F2N2.ClH/c17-14-7-3-6-13(15(14)18)16(12-4-1-2-5-12)20-10-8-19-9-11-20;/h3,6-7,12,16,19H,1-2,4-5,8-11H2;1H/t16-;/m0./s1. The number of hydrogen-bond donors (Lipinski definition) is 1. The number of nitrogens with one attached hydrogen (secondary N) is 1. The van der Waals surface area contributed by atoms with Gasteiger partial charge in [0, 0.05) is 37.8 Å². The summed E-state index contributed by atoms with van der Waals surface area (Å²) < 4.78 is 27.8. The molecule has 0 aromatic heterocycles. The van der Waals surface area contributed by atoms with Gasteiger partial charge in [-0.3, -0.25) is 4.90 Å². The summed E-state index contributed by atoms with van der Waals surface area (Å²) in [4.78, 5) is 2.34. The summed E-state index contributed by atoms with van der Waals surface area (Å²) in [6.45, 7) is 3.69. The molecule has 3 rings (SSSR count). The van der Waals surface area contributed by atoms with Gasteiger partial charge in [0.15, 0.2) is 11.6 Å². The van der Waals surface area contributed by atoms with Gasteiger partial charge in [-0.05, 0) is 24.8 Å². The van der Waals surface area contributed by atoms with Gasteiger partial charge in [0.05, 0.1) is 0 Å². The van der Waals surface area contributed by atoms with Crippen molar-refractivity contribution in [3.05, 3.63) is 35.4 Å². The van der Waals surface area contributed by atoms with E-state index in [9.17, 15) is 8.78 Å². The zero-order valence-electron chi connectivity index (χ0n) is 12.2. The molecular formula is C16H23ClF2N2. The molecule has 0 bridgehead atoms. The minimum absolute atomic E-state index is 0. The van der Waals surface area contributed by atoms with Crippen molar-refractivity contribution in [1.82, 2.24) is 10.2 Å². The molecule has 1 saturated heterocycles. The first-order valence-electron chi connectivity index (χ1n) is 7.66. The van der Waals surface area contributed by atoms with Crippen molar-refractivity contribution < 1.29 is 8.78 Å². The number of piperazine rings is 1. The van der Waals surface area contributed by atoms with Crippen molar-refractivity contribution >= 4 is 12.4 Å². The molecule has 1 aromatic carbocycles. The van der Waals surface area contributed by atoms with Crippen molar-refractivity contribution in [3.63, 3.8) is 0 Å². The first-order valence-corrected chi connectivity index (χ1v) is 7.66. The smallest absolute Gasteiger partial charge is 0.163 e. The van der Waals surface area contributed by atoms with Crippen LogP contribution in [-0.2, 0) is 0 Å². The van der Waals surface area contributed by atoms with Gasteiger partial charge in [-0.1, -0.05) is 25.0 Å². The second-order valence-corrected chi connectivity index (χ2v) is 5.92. The van der Waals surface area contributed by atoms with Gasteiger partial charge in [-0.2, -0.15) is 0 Å². The molecule has 1 aliphatic carbocycles. The van der Waals surface area contributed by atoms with E-state index in [0.717, 1.165) is 39.0 Å². The summed E-state index contributed by atoms with van der Waals surface area (Å²) in [7, 11) is 0. The third-order valence-corrected chi connectivity index (χ3v) is 4.69. The van der Waals surface area contributed by atoms with Gasteiger partial charge in [-0.15, -0.1) is 12.4 Å². The lowest BCUT2D eigenvalue weighted by molar-refractivity contribution is 0.122. The summed E-state index contributed by atoms with van der Waals surface area (Å²) in [5, 5.41) is 3.33. The SMILES string of the molecule is Cl.Fc1cccc([C@H](C2CCCC2)N2CCNCC2)c1F. The minimum atomic E-state index is -0.722. The monoisotopic (exact) mass is 316 g/mol. The molecule has 0 amide bonds. The third-order valence-electron chi connectivity index (χ3n) is 4.69. The fraction of sp³-hybridized carbons (Fsp3) is 0.625. The van der Waals surface area contributed by atoms with E-state index in [1.165, 1.54) is 18.9 Å². The maximum absolute atomic E-state index is 14.2. The number of rotatable bonds is 3. The van der Waals surface area contributed by atoms with Crippen molar-refractivity contribution in [2.24, 2.45) is 5.92 Å². The molecule has 1 aromatic rings. The van der Waals surface area contributed by atoms with E-state index in [2.05, 4.69) is 10.2 Å². The Kier molecular flexibility index (Phi) is 5.97. The van der Waals surface area contributed by atoms with Crippen LogP contribution in [0.5, 0.6) is 0 Å². The van der Waals surface area contributed by atoms with Crippen LogP contribution in [0.1, 0.15) is 37.3 Å². The van der Waals surface area contributed by atoms with E-state index in [0.29, 0.717) is 11.5 Å². The molecule has 1 N–H and O–H groups in total. The molecule has 0 spiro atoms. The fourth-order valence-corrected chi connectivity index (χ4v) is 3.73. The molecule has 2 nitrogen and oxygen atoms in total. The molecule has 2 fully saturated rings. The Morgan fingerprint density at radius 1 is 1.10 bits per heavy atom. The van der Waals surface area contributed by atoms with Crippen molar-refractivity contribution in [1.29, 1.82) is 0 Å². The highest BCUT2D eigenvalue weighted by molar-refractivity contribution is 5.85. The molecule has 118 valence electrons. The van der Waals surface area contributed by atoms with Crippen LogP contribution in [0.2, 0.25) is 0 Å². The zero-order chi connectivity index (χ0) is 13.9. The number of benzene rings is 1. The maximum atomic E-state index is 14.2. The van der Waals surface area contributed by atoms with Gasteiger partial charge in [-0.25, -0.2) is 8.78 Å². The first-order chi connectivity index (χ1) is 9.77. The van der Waals surface area contributed by atoms with E-state index in [1.807, 2.05) is 0 Å². The average molecular weight is 317 g/mol. The molecule has 1 heterocycles. The van der Waals surface area contributed by atoms with Gasteiger partial charge in [0.25, 0.3) is 0 Å². The number of hydrogen-bond acceptors (Lipinski definition) is 2. The number of nitrogens with zero attached hydrogens (tertiary/aromatic N) is 1. The van der Waals surface area contributed by atoms with Crippen molar-refractivity contribution in [2.45, 2.75) is 31.7 Å². The Bertz CT molecular complexity index is 458. The molecule has 2 aliphatic rings. The Labute approximate surface area is 131 Å². The Morgan fingerprint density at radius 2 is 1.76 bits per heavy atom. The first kappa shape index (κ1) is 16.7. The zero-order valence-corrected chi connectivity index (χ0v) is 13.0. The van der Waals surface area contributed by atoms with Gasteiger partial charge >= 0.3 is 0 Å². The highest BCUT2D eigenvalue weighted by atomic mass is 35.5. The van der Waals surface area contributed by atoms with Crippen LogP contribution < -0.4 is 5.32 Å². The minimum Gasteiger partial charge on any atom is -0.314 e.